The summed E-state index contributed by atoms with van der Waals surface area (Å²) < 4.78 is 34.4. The number of nitrogens with one attached hydrogen (secondary N) is 3. The molecule has 1 saturated heterocycles. The molecule has 1 aliphatic carbocycles. The predicted octanol–water partition coefficient (Wildman–Crippen LogP) is -2.26. The van der Waals surface area contributed by atoms with E-state index in [1.165, 1.54) is 18.1 Å². The smallest absolute Gasteiger partial charge is 0.316 e. The molecule has 19 heteroatoms. The summed E-state index contributed by atoms with van der Waals surface area (Å²) in [5.74, 6) is -1.32. The lowest BCUT2D eigenvalue weighted by Crippen LogP contribution is -2.50. The van der Waals surface area contributed by atoms with Crippen LogP contribution in [0.5, 0.6) is 5.75 Å². The number of methoxy groups -OCH3 is 1. The first-order chi connectivity index (χ1) is 20.3. The maximum Gasteiger partial charge on any atom is 0.316 e. The number of anilines is 3. The van der Waals surface area contributed by atoms with E-state index in [0.717, 1.165) is 12.8 Å². The van der Waals surface area contributed by atoms with Crippen molar-refractivity contribution in [1.82, 2.24) is 30.6 Å². The Labute approximate surface area is 250 Å². The van der Waals surface area contributed by atoms with Crippen LogP contribution in [0.3, 0.4) is 0 Å². The van der Waals surface area contributed by atoms with Gasteiger partial charge in [-0.05, 0) is 30.2 Å². The van der Waals surface area contributed by atoms with E-state index < -0.39 is 26.9 Å². The molecule has 2 aromatic heterocycles. The quantitative estimate of drug-likeness (QED) is 0.222. The summed E-state index contributed by atoms with van der Waals surface area (Å²) in [5.41, 5.74) is 1.02. The lowest BCUT2D eigenvalue weighted by atomic mass is 9.49. The monoisotopic (exact) mass is 606 g/mol. The van der Waals surface area contributed by atoms with Gasteiger partial charge in [-0.25, -0.2) is 8.42 Å². The summed E-state index contributed by atoms with van der Waals surface area (Å²) in [6, 6.07) is 6.56. The number of ether oxygens (including phenoxy) is 1. The van der Waals surface area contributed by atoms with Gasteiger partial charge in [0.2, 0.25) is 11.7 Å². The summed E-state index contributed by atoms with van der Waals surface area (Å²) in [4.78, 5) is 44.0. The minimum atomic E-state index is -3.17. The highest BCUT2D eigenvalue weighted by atomic mass is 32.2. The molecule has 1 aromatic carbocycles. The van der Waals surface area contributed by atoms with E-state index in [1.807, 2.05) is 23.5 Å². The van der Waals surface area contributed by atoms with Gasteiger partial charge in [-0.15, -0.1) is 10.2 Å². The third-order valence-corrected chi connectivity index (χ3v) is 8.28. The Kier molecular flexibility index (Phi) is 8.18. The molecule has 0 radical (unpaired) electrons. The number of hydrogen-bond acceptors (Lipinski definition) is 12. The normalized spacial score (nSPS) is 16.3. The van der Waals surface area contributed by atoms with E-state index in [1.54, 1.807) is 18.2 Å². The van der Waals surface area contributed by atoms with Gasteiger partial charge in [-0.3, -0.25) is 14.4 Å². The number of carbonyl (C=O) groups excluding carboxylic acids is 3. The molecule has 2 fully saturated rings. The molecule has 0 spiro atoms. The van der Waals surface area contributed by atoms with Crippen LogP contribution in [0.4, 0.5) is 17.2 Å². The molecule has 2 aliphatic rings. The van der Waals surface area contributed by atoms with Gasteiger partial charge in [0.25, 0.3) is 5.91 Å². The molecule has 15 nitrogen and oxygen atoms in total. The number of amides is 3. The Morgan fingerprint density at radius 2 is 1.81 bits per heavy atom. The van der Waals surface area contributed by atoms with Crippen LogP contribution in [-0.2, 0) is 14.6 Å². The van der Waals surface area contributed by atoms with E-state index in [2.05, 4.69) is 36.3 Å². The molecule has 1 aliphatic heterocycles. The Morgan fingerprint density at radius 3 is 2.47 bits per heavy atom. The molecular formula is C24H29B3N8O7S. The molecule has 3 aromatic rings. The van der Waals surface area contributed by atoms with Crippen LogP contribution < -0.4 is 20.7 Å². The average Bonchev–Trinajstić information content (AvgIpc) is 3.68. The molecule has 3 heterocycles. The van der Waals surface area contributed by atoms with Crippen LogP contribution in [-0.4, -0.2) is 112 Å². The topological polar surface area (TPSA) is 199 Å². The first kappa shape index (κ1) is 30.1. The summed E-state index contributed by atoms with van der Waals surface area (Å²) in [5, 5.41) is 20.3. The van der Waals surface area contributed by atoms with Crippen molar-refractivity contribution in [3.63, 3.8) is 0 Å². The molecule has 0 atom stereocenters. The van der Waals surface area contributed by atoms with Crippen molar-refractivity contribution >= 4 is 68.3 Å². The summed E-state index contributed by atoms with van der Waals surface area (Å²) in [6.45, 7) is 0.0750. The zero-order valence-corrected chi connectivity index (χ0v) is 24.9. The van der Waals surface area contributed by atoms with Gasteiger partial charge in [0.05, 0.1) is 35.6 Å². The lowest BCUT2D eigenvalue weighted by molar-refractivity contribution is -0.117. The molecule has 3 N–H and O–H groups in total. The maximum absolute atomic E-state index is 13.1. The first-order valence-corrected chi connectivity index (χ1v) is 15.4. The van der Waals surface area contributed by atoms with Gasteiger partial charge < -0.3 is 30.1 Å². The van der Waals surface area contributed by atoms with E-state index in [-0.39, 0.29) is 71.1 Å². The minimum Gasteiger partial charge on any atom is -0.494 e. The highest BCUT2D eigenvalue weighted by Gasteiger charge is 2.31. The van der Waals surface area contributed by atoms with Crippen LogP contribution in [0, 0.1) is 5.92 Å². The zero-order chi connectivity index (χ0) is 30.9. The largest absolute Gasteiger partial charge is 0.494 e. The van der Waals surface area contributed by atoms with Crippen molar-refractivity contribution in [3.8, 4) is 17.1 Å². The Bertz CT molecular complexity index is 1680. The molecule has 0 unspecified atom stereocenters. The fraction of sp³-hybridized carbons (Fsp3) is 0.375. The van der Waals surface area contributed by atoms with Crippen molar-refractivity contribution in [2.24, 2.45) is 5.92 Å². The Morgan fingerprint density at radius 1 is 1.09 bits per heavy atom. The van der Waals surface area contributed by atoms with Crippen LogP contribution in [0.15, 0.2) is 28.8 Å². The van der Waals surface area contributed by atoms with Gasteiger partial charge in [0.15, 0.2) is 27.1 Å². The molecule has 0 bridgehead atoms. The predicted molar refractivity (Wildman–Crippen MR) is 163 cm³/mol. The number of sulfone groups is 1. The second-order valence-electron chi connectivity index (χ2n) is 11.3. The van der Waals surface area contributed by atoms with Crippen molar-refractivity contribution in [3.05, 3.63) is 35.9 Å². The van der Waals surface area contributed by atoms with Crippen molar-refractivity contribution in [2.75, 3.05) is 42.3 Å². The van der Waals surface area contributed by atoms with Crippen LogP contribution in [0.2, 0.25) is 0 Å². The van der Waals surface area contributed by atoms with Crippen molar-refractivity contribution in [1.29, 1.82) is 0 Å². The molecule has 3 amide bonds. The zero-order valence-electron chi connectivity index (χ0n) is 24.1. The standard InChI is InChI=1S/C24H29B3N8O7S/c1-41-18-13(19-30-22(42-34-19)23(38)35-7-9-43(39,40)10-8-35)3-2-4-14(18)28-15-11-16(29-20(36)12-5-6-12)32-33-17(15)21(37)31-24(25,26)27/h2-4,11-12H,5-10,25-27H2,1H3,(H,31,37)(H2,28,29,32,36). The third kappa shape index (κ3) is 7.15. The molecule has 222 valence electrons. The lowest BCUT2D eigenvalue weighted by Gasteiger charge is -2.25. The number of carbonyl (C=O) groups is 3. The number of hydrogen-bond donors (Lipinski definition) is 3. The van der Waals surface area contributed by atoms with E-state index in [9.17, 15) is 22.8 Å². The Hall–Kier alpha value is -4.41. The SMILES string of the molecule is BC(B)(B)NC(=O)c1nnc(NC(=O)C2CC2)cc1Nc1cccc(-c2noc(C(=O)N3CCS(=O)(=O)CC3)n2)c1OC. The Balaban J connectivity index is 1.44. The van der Waals surface area contributed by atoms with Crippen molar-refractivity contribution in [2.45, 2.75) is 18.1 Å². The summed E-state index contributed by atoms with van der Waals surface area (Å²) in [7, 11) is 3.76. The molecular weight excluding hydrogens is 577 g/mol. The van der Waals surface area contributed by atoms with Gasteiger partial charge in [0.1, 0.15) is 23.5 Å². The number of para-hydroxylation sites is 1. The number of aromatic nitrogens is 4. The second-order valence-corrected chi connectivity index (χ2v) is 13.6. The van der Waals surface area contributed by atoms with Crippen LogP contribution in [0.1, 0.15) is 34.0 Å². The van der Waals surface area contributed by atoms with Gasteiger partial charge in [-0.2, -0.15) is 4.98 Å². The third-order valence-electron chi connectivity index (χ3n) is 6.67. The van der Waals surface area contributed by atoms with Crippen LogP contribution in [0.25, 0.3) is 11.4 Å². The van der Waals surface area contributed by atoms with E-state index >= 15 is 0 Å². The van der Waals surface area contributed by atoms with E-state index in [0.29, 0.717) is 11.3 Å². The van der Waals surface area contributed by atoms with Gasteiger partial charge in [0, 0.05) is 25.1 Å². The molecule has 5 rings (SSSR count). The second kappa shape index (κ2) is 11.7. The summed E-state index contributed by atoms with van der Waals surface area (Å²) in [6.07, 6.45) is 1.62. The van der Waals surface area contributed by atoms with Gasteiger partial charge >= 0.3 is 11.8 Å². The fourth-order valence-corrected chi connectivity index (χ4v) is 5.54. The number of nitrogens with zero attached hydrogens (tertiary/aromatic N) is 5. The maximum atomic E-state index is 13.1. The average molecular weight is 606 g/mol. The molecule has 1 saturated carbocycles. The molecule has 43 heavy (non-hydrogen) atoms. The van der Waals surface area contributed by atoms with Gasteiger partial charge in [-0.1, -0.05) is 11.2 Å². The van der Waals surface area contributed by atoms with E-state index in [4.69, 9.17) is 9.26 Å². The number of benzene rings is 1. The fourth-order valence-electron chi connectivity index (χ4n) is 4.34. The summed E-state index contributed by atoms with van der Waals surface area (Å²) >= 11 is 0. The van der Waals surface area contributed by atoms with Crippen molar-refractivity contribution < 1.29 is 32.1 Å². The highest BCUT2D eigenvalue weighted by molar-refractivity contribution is 7.91. The number of rotatable bonds is 9. The highest BCUT2D eigenvalue weighted by Crippen LogP contribution is 2.37. The van der Waals surface area contributed by atoms with Crippen LogP contribution >= 0.6 is 0 Å². The minimum absolute atomic E-state index is 0.0113. The first-order valence-electron chi connectivity index (χ1n) is 13.6.